The van der Waals surface area contributed by atoms with Crippen LogP contribution in [0.3, 0.4) is 0 Å². The van der Waals surface area contributed by atoms with Crippen LogP contribution in [0.5, 0.6) is 11.5 Å². The Morgan fingerprint density at radius 2 is 1.89 bits per heavy atom. The van der Waals surface area contributed by atoms with Gasteiger partial charge in [-0.1, -0.05) is 18.2 Å². The third kappa shape index (κ3) is 4.38. The average molecular weight is 374 g/mol. The molecular weight excluding hydrogens is 361 g/mol. The van der Waals surface area contributed by atoms with E-state index >= 15 is 0 Å². The number of carbonyl (C=O) groups excluding carboxylic acids is 1. The number of fused-ring (bicyclic) bond motifs is 1. The van der Waals surface area contributed by atoms with Crippen molar-refractivity contribution in [3.8, 4) is 11.5 Å². The van der Waals surface area contributed by atoms with Gasteiger partial charge in [-0.3, -0.25) is 9.78 Å². The molecule has 0 spiro atoms. The Kier molecular flexibility index (Phi) is 5.02. The van der Waals surface area contributed by atoms with Crippen molar-refractivity contribution >= 4 is 16.8 Å². The Hall–Kier alpha value is -3.49. The van der Waals surface area contributed by atoms with Gasteiger partial charge in [-0.05, 0) is 30.2 Å². The maximum Gasteiger partial charge on any atom is 0.451 e. The number of hydrogen-bond acceptors (Lipinski definition) is 5. The molecule has 2 heterocycles. The van der Waals surface area contributed by atoms with Crippen LogP contribution in [0, 0.1) is 0 Å². The highest BCUT2D eigenvalue weighted by atomic mass is 19.4. The minimum atomic E-state index is -4.62. The van der Waals surface area contributed by atoms with Gasteiger partial charge in [-0.15, -0.1) is 0 Å². The lowest BCUT2D eigenvalue weighted by Gasteiger charge is -2.11. The molecule has 1 aromatic carbocycles. The first-order chi connectivity index (χ1) is 12.8. The van der Waals surface area contributed by atoms with Crippen LogP contribution < -0.4 is 10.5 Å². The van der Waals surface area contributed by atoms with E-state index in [1.54, 1.807) is 30.5 Å². The third-order valence-electron chi connectivity index (χ3n) is 3.55. The van der Waals surface area contributed by atoms with Crippen LogP contribution in [-0.4, -0.2) is 20.9 Å². The predicted octanol–water partition coefficient (Wildman–Crippen LogP) is 3.42. The number of nitrogens with zero attached hydrogens (tertiary/aromatic N) is 3. The standard InChI is InChI=1S/C18H13F3N4O2/c19-18(20,21)17-24-9-12(10-25-17)27-14-7-6-11(3-1-5-15(22)26)13-4-2-8-23-16(13)14/h1-2,4-10H,3H2,(H2,22,26). The smallest absolute Gasteiger partial charge is 0.451 e. The van der Waals surface area contributed by atoms with E-state index < -0.39 is 17.9 Å². The zero-order valence-corrected chi connectivity index (χ0v) is 13.8. The van der Waals surface area contributed by atoms with Crippen LogP contribution in [-0.2, 0) is 17.4 Å². The minimum Gasteiger partial charge on any atom is -0.452 e. The fraction of sp³-hybridized carbons (Fsp3) is 0.111. The number of nitrogens with two attached hydrogens (primary N) is 1. The number of benzene rings is 1. The second kappa shape index (κ2) is 7.40. The number of rotatable bonds is 5. The lowest BCUT2D eigenvalue weighted by atomic mass is 10.0. The van der Waals surface area contributed by atoms with Crippen LogP contribution in [0.15, 0.2) is 55.0 Å². The summed E-state index contributed by atoms with van der Waals surface area (Å²) in [6, 6.07) is 6.98. The van der Waals surface area contributed by atoms with Gasteiger partial charge in [-0.25, -0.2) is 9.97 Å². The zero-order chi connectivity index (χ0) is 19.4. The van der Waals surface area contributed by atoms with E-state index in [2.05, 4.69) is 15.0 Å². The summed E-state index contributed by atoms with van der Waals surface area (Å²) in [6.07, 6.45) is 2.21. The molecule has 0 radical (unpaired) electrons. The molecule has 0 bridgehead atoms. The number of alkyl halides is 3. The first kappa shape index (κ1) is 18.3. The molecule has 138 valence electrons. The number of ether oxygens (including phenoxy) is 1. The minimum absolute atomic E-state index is 0.0522. The van der Waals surface area contributed by atoms with E-state index in [9.17, 15) is 18.0 Å². The zero-order valence-electron chi connectivity index (χ0n) is 13.8. The Morgan fingerprint density at radius 1 is 1.15 bits per heavy atom. The highest BCUT2D eigenvalue weighted by molar-refractivity contribution is 5.88. The van der Waals surface area contributed by atoms with E-state index in [4.69, 9.17) is 10.5 Å². The summed E-state index contributed by atoms with van der Waals surface area (Å²) in [6.45, 7) is 0. The molecule has 0 atom stereocenters. The molecule has 0 saturated heterocycles. The SMILES string of the molecule is NC(=O)C=CCc1ccc(Oc2cnc(C(F)(F)F)nc2)c2ncccc12. The third-order valence-corrected chi connectivity index (χ3v) is 3.55. The second-order valence-electron chi connectivity index (χ2n) is 5.47. The summed E-state index contributed by atoms with van der Waals surface area (Å²) in [4.78, 5) is 21.6. The van der Waals surface area contributed by atoms with Crippen LogP contribution >= 0.6 is 0 Å². The highest BCUT2D eigenvalue weighted by Crippen LogP contribution is 2.31. The van der Waals surface area contributed by atoms with Crippen molar-refractivity contribution in [3.05, 3.63) is 66.4 Å². The van der Waals surface area contributed by atoms with Crippen LogP contribution in [0.25, 0.3) is 10.9 Å². The number of primary amides is 1. The topological polar surface area (TPSA) is 91.0 Å². The number of aromatic nitrogens is 3. The van der Waals surface area contributed by atoms with Gasteiger partial charge in [-0.2, -0.15) is 13.2 Å². The Morgan fingerprint density at radius 3 is 2.56 bits per heavy atom. The summed E-state index contributed by atoms with van der Waals surface area (Å²) in [5.74, 6) is -1.39. The first-order valence-electron chi connectivity index (χ1n) is 7.74. The molecule has 0 fully saturated rings. The van der Waals surface area contributed by atoms with Gasteiger partial charge in [0, 0.05) is 11.6 Å². The molecule has 6 nitrogen and oxygen atoms in total. The molecule has 0 aliphatic carbocycles. The predicted molar refractivity (Wildman–Crippen MR) is 90.9 cm³/mol. The Labute approximate surface area is 151 Å². The molecular formula is C18H13F3N4O2. The van der Waals surface area contributed by atoms with E-state index in [0.29, 0.717) is 17.7 Å². The van der Waals surface area contributed by atoms with Crippen molar-refractivity contribution in [2.75, 3.05) is 0 Å². The van der Waals surface area contributed by atoms with Crippen LogP contribution in [0.4, 0.5) is 13.2 Å². The maximum atomic E-state index is 12.5. The summed E-state index contributed by atoms with van der Waals surface area (Å²) >= 11 is 0. The molecule has 0 saturated carbocycles. The molecule has 0 aliphatic heterocycles. The molecule has 9 heteroatoms. The van der Waals surface area contributed by atoms with Gasteiger partial charge in [0.15, 0.2) is 11.5 Å². The Balaban J connectivity index is 1.90. The lowest BCUT2D eigenvalue weighted by molar-refractivity contribution is -0.145. The van der Waals surface area contributed by atoms with Crippen molar-refractivity contribution in [2.45, 2.75) is 12.6 Å². The van der Waals surface area contributed by atoms with Gasteiger partial charge in [0.2, 0.25) is 11.7 Å². The van der Waals surface area contributed by atoms with Crippen molar-refractivity contribution in [2.24, 2.45) is 5.73 Å². The average Bonchev–Trinajstić information content (AvgIpc) is 2.63. The fourth-order valence-electron chi connectivity index (χ4n) is 2.41. The largest absolute Gasteiger partial charge is 0.452 e. The summed E-state index contributed by atoms with van der Waals surface area (Å²) in [5.41, 5.74) is 6.47. The number of carbonyl (C=O) groups is 1. The van der Waals surface area contributed by atoms with Gasteiger partial charge >= 0.3 is 6.18 Å². The van der Waals surface area contributed by atoms with Crippen molar-refractivity contribution < 1.29 is 22.7 Å². The van der Waals surface area contributed by atoms with Crippen molar-refractivity contribution in [1.82, 2.24) is 15.0 Å². The molecule has 0 unspecified atom stereocenters. The molecule has 27 heavy (non-hydrogen) atoms. The first-order valence-corrected chi connectivity index (χ1v) is 7.74. The number of allylic oxidation sites excluding steroid dienone is 1. The van der Waals surface area contributed by atoms with E-state index in [0.717, 1.165) is 23.3 Å². The van der Waals surface area contributed by atoms with E-state index in [-0.39, 0.29) is 5.75 Å². The normalized spacial score (nSPS) is 11.8. The van der Waals surface area contributed by atoms with E-state index in [1.807, 2.05) is 6.07 Å². The van der Waals surface area contributed by atoms with Gasteiger partial charge < -0.3 is 10.5 Å². The molecule has 2 N–H and O–H groups in total. The highest BCUT2D eigenvalue weighted by Gasteiger charge is 2.34. The molecule has 1 amide bonds. The fourth-order valence-corrected chi connectivity index (χ4v) is 2.41. The van der Waals surface area contributed by atoms with Gasteiger partial charge in [0.05, 0.1) is 12.4 Å². The maximum absolute atomic E-state index is 12.5. The van der Waals surface area contributed by atoms with Gasteiger partial charge in [0.25, 0.3) is 0 Å². The van der Waals surface area contributed by atoms with Gasteiger partial charge in [0.1, 0.15) is 5.52 Å². The number of hydrogen-bond donors (Lipinski definition) is 1. The summed E-state index contributed by atoms with van der Waals surface area (Å²) in [5, 5.41) is 0.775. The lowest BCUT2D eigenvalue weighted by Crippen LogP contribution is -2.10. The quantitative estimate of drug-likeness (QED) is 0.691. The number of halogens is 3. The second-order valence-corrected chi connectivity index (χ2v) is 5.47. The number of pyridine rings is 1. The number of amides is 1. The Bertz CT molecular complexity index is 1000. The van der Waals surface area contributed by atoms with Crippen LogP contribution in [0.1, 0.15) is 11.4 Å². The summed E-state index contributed by atoms with van der Waals surface area (Å²) in [7, 11) is 0. The molecule has 3 aromatic rings. The van der Waals surface area contributed by atoms with E-state index in [1.165, 1.54) is 6.08 Å². The molecule has 3 rings (SSSR count). The molecule has 2 aromatic heterocycles. The molecule has 0 aliphatic rings. The van der Waals surface area contributed by atoms with Crippen LogP contribution in [0.2, 0.25) is 0 Å². The summed E-state index contributed by atoms with van der Waals surface area (Å²) < 4.78 is 43.2. The van der Waals surface area contributed by atoms with Crippen molar-refractivity contribution in [3.63, 3.8) is 0 Å². The van der Waals surface area contributed by atoms with Crippen molar-refractivity contribution in [1.29, 1.82) is 0 Å². The monoisotopic (exact) mass is 374 g/mol.